The van der Waals surface area contributed by atoms with Crippen molar-refractivity contribution in [1.82, 2.24) is 0 Å². The van der Waals surface area contributed by atoms with E-state index in [0.29, 0.717) is 0 Å². The van der Waals surface area contributed by atoms with Crippen LogP contribution in [0.5, 0.6) is 0 Å². The number of hydrogen-bond donors (Lipinski definition) is 2. The molecule has 13 heavy (non-hydrogen) atoms. The number of nitrogens with two attached hydrogens (primary N) is 1. The Morgan fingerprint density at radius 1 is 1.31 bits per heavy atom. The van der Waals surface area contributed by atoms with Crippen LogP contribution >= 0.6 is 0 Å². The molecule has 1 unspecified atom stereocenters. The van der Waals surface area contributed by atoms with E-state index >= 15 is 0 Å². The molecule has 2 heteroatoms. The number of hydrogen-bond acceptors (Lipinski definition) is 2. The quantitative estimate of drug-likeness (QED) is 0.682. The monoisotopic (exact) mass is 179 g/mol. The Morgan fingerprint density at radius 3 is 2.15 bits per heavy atom. The maximum Gasteiger partial charge on any atom is 0.0497 e. The van der Waals surface area contributed by atoms with E-state index in [1.165, 1.54) is 16.7 Å². The minimum absolute atomic E-state index is 0.186. The largest absolute Gasteiger partial charge is 0.399 e. The van der Waals surface area contributed by atoms with Crippen LogP contribution in [0.1, 0.15) is 29.5 Å². The first-order valence-electron chi connectivity index (χ1n) is 4.53. The van der Waals surface area contributed by atoms with E-state index in [2.05, 4.69) is 0 Å². The van der Waals surface area contributed by atoms with Gasteiger partial charge in [-0.25, -0.2) is 0 Å². The number of benzene rings is 1. The van der Waals surface area contributed by atoms with Gasteiger partial charge in [-0.05, 0) is 42.7 Å². The zero-order valence-electron chi connectivity index (χ0n) is 8.46. The van der Waals surface area contributed by atoms with Crippen LogP contribution in [0.2, 0.25) is 0 Å². The molecule has 72 valence electrons. The van der Waals surface area contributed by atoms with Gasteiger partial charge in [-0.15, -0.1) is 0 Å². The number of aliphatic hydroxyl groups excluding tert-OH is 1. The molecule has 0 heterocycles. The summed E-state index contributed by atoms with van der Waals surface area (Å²) in [5, 5.41) is 9.08. The maximum absolute atomic E-state index is 9.08. The summed E-state index contributed by atoms with van der Waals surface area (Å²) in [7, 11) is 0. The first-order valence-corrected chi connectivity index (χ1v) is 4.53. The molecule has 3 N–H and O–H groups in total. The fourth-order valence-corrected chi connectivity index (χ4v) is 1.88. The van der Waals surface area contributed by atoms with Crippen LogP contribution in [0.15, 0.2) is 12.1 Å². The Balaban J connectivity index is 3.20. The van der Waals surface area contributed by atoms with E-state index in [1.807, 2.05) is 32.9 Å². The lowest BCUT2D eigenvalue weighted by atomic mass is 9.92. The van der Waals surface area contributed by atoms with Gasteiger partial charge in [-0.1, -0.05) is 6.92 Å². The number of aryl methyl sites for hydroxylation is 2. The lowest BCUT2D eigenvalue weighted by Crippen LogP contribution is -2.04. The molecule has 0 fully saturated rings. The third-order valence-corrected chi connectivity index (χ3v) is 2.38. The van der Waals surface area contributed by atoms with Crippen molar-refractivity contribution in [2.75, 3.05) is 12.3 Å². The number of anilines is 1. The maximum atomic E-state index is 9.08. The first kappa shape index (κ1) is 10.1. The molecule has 0 saturated carbocycles. The van der Waals surface area contributed by atoms with Crippen LogP contribution in [0, 0.1) is 13.8 Å². The predicted octanol–water partition coefficient (Wildman–Crippen LogP) is 1.98. The molecule has 1 aromatic carbocycles. The number of rotatable bonds is 2. The van der Waals surface area contributed by atoms with Crippen LogP contribution in [0.4, 0.5) is 5.69 Å². The summed E-state index contributed by atoms with van der Waals surface area (Å²) in [6.45, 7) is 6.27. The fourth-order valence-electron chi connectivity index (χ4n) is 1.88. The van der Waals surface area contributed by atoms with Crippen molar-refractivity contribution in [3.63, 3.8) is 0 Å². The van der Waals surface area contributed by atoms with Crippen molar-refractivity contribution in [2.24, 2.45) is 0 Å². The molecule has 1 rings (SSSR count). The van der Waals surface area contributed by atoms with Crippen LogP contribution in [-0.4, -0.2) is 11.7 Å². The van der Waals surface area contributed by atoms with Gasteiger partial charge in [0.15, 0.2) is 0 Å². The third-order valence-electron chi connectivity index (χ3n) is 2.38. The van der Waals surface area contributed by atoms with E-state index in [4.69, 9.17) is 10.8 Å². The van der Waals surface area contributed by atoms with Crippen molar-refractivity contribution in [3.05, 3.63) is 28.8 Å². The highest BCUT2D eigenvalue weighted by Crippen LogP contribution is 2.25. The molecule has 0 saturated heterocycles. The van der Waals surface area contributed by atoms with E-state index in [9.17, 15) is 0 Å². The first-order chi connectivity index (χ1) is 6.06. The van der Waals surface area contributed by atoms with Gasteiger partial charge in [0.1, 0.15) is 0 Å². The van der Waals surface area contributed by atoms with Crippen molar-refractivity contribution in [3.8, 4) is 0 Å². The molecular formula is C11H17NO. The predicted molar refractivity (Wildman–Crippen MR) is 55.8 cm³/mol. The number of nitrogen functional groups attached to an aromatic ring is 1. The highest BCUT2D eigenvalue weighted by Gasteiger charge is 2.10. The highest BCUT2D eigenvalue weighted by atomic mass is 16.3. The average molecular weight is 179 g/mol. The Hall–Kier alpha value is -1.02. The molecule has 0 amide bonds. The molecular weight excluding hydrogens is 162 g/mol. The van der Waals surface area contributed by atoms with Gasteiger partial charge >= 0.3 is 0 Å². The van der Waals surface area contributed by atoms with E-state index in [0.717, 1.165) is 5.69 Å². The standard InChI is InChI=1S/C11H17NO/c1-7-4-10(12)5-8(2)11(7)9(3)6-13/h4-5,9,13H,6,12H2,1-3H3. The van der Waals surface area contributed by atoms with Gasteiger partial charge in [0, 0.05) is 18.2 Å². The van der Waals surface area contributed by atoms with Gasteiger partial charge < -0.3 is 10.8 Å². The minimum atomic E-state index is 0.186. The van der Waals surface area contributed by atoms with Crippen LogP contribution in [0.3, 0.4) is 0 Å². The zero-order chi connectivity index (χ0) is 10.0. The highest BCUT2D eigenvalue weighted by molar-refractivity contribution is 5.49. The smallest absolute Gasteiger partial charge is 0.0497 e. The van der Waals surface area contributed by atoms with Crippen molar-refractivity contribution in [1.29, 1.82) is 0 Å². The van der Waals surface area contributed by atoms with Crippen molar-refractivity contribution >= 4 is 5.69 Å². The summed E-state index contributed by atoms with van der Waals surface area (Å²) in [6.07, 6.45) is 0. The molecule has 0 bridgehead atoms. The third kappa shape index (κ3) is 2.01. The van der Waals surface area contributed by atoms with Crippen LogP contribution in [0.25, 0.3) is 0 Å². The molecule has 0 radical (unpaired) electrons. The lowest BCUT2D eigenvalue weighted by Gasteiger charge is -2.15. The molecule has 2 nitrogen and oxygen atoms in total. The summed E-state index contributed by atoms with van der Waals surface area (Å²) < 4.78 is 0. The van der Waals surface area contributed by atoms with Crippen molar-refractivity contribution < 1.29 is 5.11 Å². The fraction of sp³-hybridized carbons (Fsp3) is 0.455. The Labute approximate surface area is 79.4 Å². The normalized spacial score (nSPS) is 12.9. The Kier molecular flexibility index (Phi) is 2.94. The molecule has 1 atom stereocenters. The van der Waals surface area contributed by atoms with Crippen molar-refractivity contribution in [2.45, 2.75) is 26.7 Å². The van der Waals surface area contributed by atoms with E-state index < -0.39 is 0 Å². The van der Waals surface area contributed by atoms with Gasteiger partial charge in [-0.2, -0.15) is 0 Å². The zero-order valence-corrected chi connectivity index (χ0v) is 8.46. The van der Waals surface area contributed by atoms with E-state index in [1.54, 1.807) is 0 Å². The SMILES string of the molecule is Cc1cc(N)cc(C)c1C(C)CO. The molecule has 0 aromatic heterocycles. The summed E-state index contributed by atoms with van der Waals surface area (Å²) in [6, 6.07) is 3.91. The van der Waals surface area contributed by atoms with Gasteiger partial charge in [0.25, 0.3) is 0 Å². The second kappa shape index (κ2) is 3.79. The van der Waals surface area contributed by atoms with Gasteiger partial charge in [0.2, 0.25) is 0 Å². The average Bonchev–Trinajstić information content (AvgIpc) is 2.02. The second-order valence-electron chi connectivity index (χ2n) is 3.65. The minimum Gasteiger partial charge on any atom is -0.399 e. The topological polar surface area (TPSA) is 46.2 Å². The second-order valence-corrected chi connectivity index (χ2v) is 3.65. The molecule has 0 aliphatic heterocycles. The van der Waals surface area contributed by atoms with Gasteiger partial charge in [0.05, 0.1) is 0 Å². The Bertz CT molecular complexity index is 284. The summed E-state index contributed by atoms with van der Waals surface area (Å²) >= 11 is 0. The summed E-state index contributed by atoms with van der Waals surface area (Å²) in [5.74, 6) is 0.195. The van der Waals surface area contributed by atoms with Crippen LogP contribution in [-0.2, 0) is 0 Å². The molecule has 0 aliphatic rings. The summed E-state index contributed by atoms with van der Waals surface area (Å²) in [5.41, 5.74) is 10.1. The van der Waals surface area contributed by atoms with E-state index in [-0.39, 0.29) is 12.5 Å². The number of aliphatic hydroxyl groups is 1. The Morgan fingerprint density at radius 2 is 1.77 bits per heavy atom. The lowest BCUT2D eigenvalue weighted by molar-refractivity contribution is 0.272. The molecule has 0 spiro atoms. The molecule has 0 aliphatic carbocycles. The van der Waals surface area contributed by atoms with Gasteiger partial charge in [-0.3, -0.25) is 0 Å². The molecule has 1 aromatic rings. The summed E-state index contributed by atoms with van der Waals surface area (Å²) in [4.78, 5) is 0. The van der Waals surface area contributed by atoms with Crippen LogP contribution < -0.4 is 5.73 Å².